The number of aryl methyl sites for hydroxylation is 1. The summed E-state index contributed by atoms with van der Waals surface area (Å²) in [5.74, 6) is 0.613. The maximum Gasteiger partial charge on any atom is 0.573 e. The van der Waals surface area contributed by atoms with Gasteiger partial charge in [0.05, 0.1) is 0 Å². The van der Waals surface area contributed by atoms with Crippen LogP contribution < -0.4 is 9.47 Å². The van der Waals surface area contributed by atoms with Crippen molar-refractivity contribution in [1.82, 2.24) is 0 Å². The SMILES string of the molecule is O=C1CCCc2ccc(Oc3ccc(OC(F)(F)F)cc3)cc21. The van der Waals surface area contributed by atoms with E-state index in [0.29, 0.717) is 23.5 Å². The van der Waals surface area contributed by atoms with E-state index in [1.807, 2.05) is 6.07 Å². The second-order valence-corrected chi connectivity index (χ2v) is 5.22. The summed E-state index contributed by atoms with van der Waals surface area (Å²) in [6.07, 6.45) is -2.47. The third kappa shape index (κ3) is 3.83. The highest BCUT2D eigenvalue weighted by Crippen LogP contribution is 2.30. The molecule has 0 fully saturated rings. The topological polar surface area (TPSA) is 35.5 Å². The van der Waals surface area contributed by atoms with Gasteiger partial charge in [0.15, 0.2) is 5.78 Å². The van der Waals surface area contributed by atoms with Gasteiger partial charge >= 0.3 is 6.36 Å². The van der Waals surface area contributed by atoms with Gasteiger partial charge in [-0.1, -0.05) is 6.07 Å². The molecule has 0 unspecified atom stereocenters. The maximum absolute atomic E-state index is 12.1. The van der Waals surface area contributed by atoms with Crippen molar-refractivity contribution >= 4 is 5.78 Å². The van der Waals surface area contributed by atoms with Crippen LogP contribution in [0.4, 0.5) is 13.2 Å². The molecule has 0 aliphatic heterocycles. The van der Waals surface area contributed by atoms with Crippen LogP contribution in [0.5, 0.6) is 17.2 Å². The van der Waals surface area contributed by atoms with Gasteiger partial charge in [0.2, 0.25) is 0 Å². The average Bonchev–Trinajstić information content (AvgIpc) is 2.49. The molecule has 23 heavy (non-hydrogen) atoms. The fraction of sp³-hybridized carbons (Fsp3) is 0.235. The standard InChI is InChI=1S/C17H13F3O3/c18-17(19,20)23-13-8-6-12(7-9-13)22-14-5-4-11-2-1-3-16(21)15(11)10-14/h4-10H,1-3H2. The van der Waals surface area contributed by atoms with Crippen molar-refractivity contribution in [2.24, 2.45) is 0 Å². The van der Waals surface area contributed by atoms with Crippen molar-refractivity contribution < 1.29 is 27.4 Å². The Kier molecular flexibility index (Phi) is 3.98. The fourth-order valence-electron chi connectivity index (χ4n) is 2.52. The maximum atomic E-state index is 12.1. The summed E-state index contributed by atoms with van der Waals surface area (Å²) in [5, 5.41) is 0. The molecule has 6 heteroatoms. The zero-order chi connectivity index (χ0) is 16.4. The van der Waals surface area contributed by atoms with Crippen molar-refractivity contribution in [3.63, 3.8) is 0 Å². The lowest BCUT2D eigenvalue weighted by Gasteiger charge is -2.16. The zero-order valence-electron chi connectivity index (χ0n) is 12.0. The molecular formula is C17H13F3O3. The second-order valence-electron chi connectivity index (χ2n) is 5.22. The van der Waals surface area contributed by atoms with Crippen molar-refractivity contribution in [2.45, 2.75) is 25.6 Å². The summed E-state index contributed by atoms with van der Waals surface area (Å²) in [4.78, 5) is 11.9. The largest absolute Gasteiger partial charge is 0.573 e. The number of fused-ring (bicyclic) bond motifs is 1. The molecule has 0 N–H and O–H groups in total. The van der Waals surface area contributed by atoms with E-state index in [2.05, 4.69) is 4.74 Å². The predicted octanol–water partition coefficient (Wildman–Crippen LogP) is 4.90. The van der Waals surface area contributed by atoms with Crippen LogP contribution in [0.3, 0.4) is 0 Å². The van der Waals surface area contributed by atoms with E-state index in [4.69, 9.17) is 4.74 Å². The molecule has 2 aromatic carbocycles. The van der Waals surface area contributed by atoms with Gasteiger partial charge in [0.1, 0.15) is 17.2 Å². The average molecular weight is 322 g/mol. The molecule has 0 heterocycles. The first-order valence-corrected chi connectivity index (χ1v) is 7.10. The monoisotopic (exact) mass is 322 g/mol. The smallest absolute Gasteiger partial charge is 0.457 e. The molecule has 0 saturated heterocycles. The quantitative estimate of drug-likeness (QED) is 0.806. The molecule has 2 aromatic rings. The molecule has 0 bridgehead atoms. The summed E-state index contributed by atoms with van der Waals surface area (Å²) in [6, 6.07) is 10.4. The minimum Gasteiger partial charge on any atom is -0.457 e. The molecule has 0 radical (unpaired) electrons. The number of ether oxygens (including phenoxy) is 2. The number of ketones is 1. The Morgan fingerprint density at radius 2 is 1.52 bits per heavy atom. The van der Waals surface area contributed by atoms with Gasteiger partial charge in [0, 0.05) is 12.0 Å². The van der Waals surface area contributed by atoms with Gasteiger partial charge in [0.25, 0.3) is 0 Å². The minimum atomic E-state index is -4.72. The van der Waals surface area contributed by atoms with Crippen LogP contribution in [-0.2, 0) is 6.42 Å². The minimum absolute atomic E-state index is 0.0885. The molecule has 0 atom stereocenters. The second kappa shape index (κ2) is 5.95. The lowest BCUT2D eigenvalue weighted by Crippen LogP contribution is -2.16. The number of hydrogen-bond donors (Lipinski definition) is 0. The number of carbonyl (C=O) groups is 1. The van der Waals surface area contributed by atoms with Crippen LogP contribution >= 0.6 is 0 Å². The normalized spacial score (nSPS) is 14.3. The highest BCUT2D eigenvalue weighted by Gasteiger charge is 2.31. The van der Waals surface area contributed by atoms with Crippen LogP contribution in [0, 0.1) is 0 Å². The molecule has 120 valence electrons. The zero-order valence-corrected chi connectivity index (χ0v) is 12.0. The Balaban J connectivity index is 1.75. The molecule has 1 aliphatic rings. The first-order chi connectivity index (χ1) is 10.9. The first-order valence-electron chi connectivity index (χ1n) is 7.10. The fourth-order valence-corrected chi connectivity index (χ4v) is 2.52. The van der Waals surface area contributed by atoms with Crippen molar-refractivity contribution in [3.05, 3.63) is 53.6 Å². The predicted molar refractivity (Wildman–Crippen MR) is 76.9 cm³/mol. The first kappa shape index (κ1) is 15.4. The Bertz CT molecular complexity index is 721. The van der Waals surface area contributed by atoms with E-state index in [0.717, 1.165) is 18.4 Å². The van der Waals surface area contributed by atoms with Crippen LogP contribution in [0.15, 0.2) is 42.5 Å². The van der Waals surface area contributed by atoms with Crippen LogP contribution in [0.1, 0.15) is 28.8 Å². The molecule has 3 nitrogen and oxygen atoms in total. The van der Waals surface area contributed by atoms with Crippen molar-refractivity contribution in [2.75, 3.05) is 0 Å². The van der Waals surface area contributed by atoms with Gasteiger partial charge in [-0.15, -0.1) is 13.2 Å². The molecule has 0 saturated carbocycles. The van der Waals surface area contributed by atoms with Gasteiger partial charge in [-0.05, 0) is 54.8 Å². The summed E-state index contributed by atoms with van der Waals surface area (Å²) >= 11 is 0. The summed E-state index contributed by atoms with van der Waals surface area (Å²) in [5.41, 5.74) is 1.66. The highest BCUT2D eigenvalue weighted by molar-refractivity contribution is 5.98. The van der Waals surface area contributed by atoms with Gasteiger partial charge in [-0.2, -0.15) is 0 Å². The van der Waals surface area contributed by atoms with E-state index < -0.39 is 6.36 Å². The van der Waals surface area contributed by atoms with E-state index in [9.17, 15) is 18.0 Å². The Morgan fingerprint density at radius 1 is 0.870 bits per heavy atom. The third-order valence-corrected chi connectivity index (χ3v) is 3.52. The van der Waals surface area contributed by atoms with E-state index in [1.54, 1.807) is 12.1 Å². The molecule has 1 aliphatic carbocycles. The number of hydrogen-bond acceptors (Lipinski definition) is 3. The van der Waals surface area contributed by atoms with Crippen molar-refractivity contribution in [3.8, 4) is 17.2 Å². The van der Waals surface area contributed by atoms with Gasteiger partial charge in [-0.25, -0.2) is 0 Å². The van der Waals surface area contributed by atoms with Crippen molar-refractivity contribution in [1.29, 1.82) is 0 Å². The summed E-state index contributed by atoms with van der Waals surface area (Å²) in [7, 11) is 0. The lowest BCUT2D eigenvalue weighted by atomic mass is 9.90. The van der Waals surface area contributed by atoms with Crippen LogP contribution in [-0.4, -0.2) is 12.1 Å². The summed E-state index contributed by atoms with van der Waals surface area (Å²) in [6.45, 7) is 0. The van der Waals surface area contributed by atoms with Crippen LogP contribution in [0.2, 0.25) is 0 Å². The molecule has 0 spiro atoms. The molecule has 0 amide bonds. The summed E-state index contributed by atoms with van der Waals surface area (Å²) < 4.78 is 45.7. The van der Waals surface area contributed by atoms with E-state index >= 15 is 0 Å². The number of benzene rings is 2. The molecular weight excluding hydrogens is 309 g/mol. The van der Waals surface area contributed by atoms with Gasteiger partial charge < -0.3 is 9.47 Å². The number of Topliss-reactive ketones (excluding diaryl/α,β-unsaturated/α-hetero) is 1. The third-order valence-electron chi connectivity index (χ3n) is 3.52. The van der Waals surface area contributed by atoms with E-state index in [1.165, 1.54) is 24.3 Å². The number of carbonyl (C=O) groups excluding carboxylic acids is 1. The Labute approximate surface area is 130 Å². The Morgan fingerprint density at radius 3 is 2.22 bits per heavy atom. The number of halogens is 3. The molecule has 3 rings (SSSR count). The van der Waals surface area contributed by atoms with E-state index in [-0.39, 0.29) is 11.5 Å². The van der Waals surface area contributed by atoms with Crippen LogP contribution in [0.25, 0.3) is 0 Å². The highest BCUT2D eigenvalue weighted by atomic mass is 19.4. The Hall–Kier alpha value is -2.50. The molecule has 0 aromatic heterocycles. The number of alkyl halides is 3. The lowest BCUT2D eigenvalue weighted by molar-refractivity contribution is -0.274. The number of rotatable bonds is 3. The van der Waals surface area contributed by atoms with Gasteiger partial charge in [-0.3, -0.25) is 4.79 Å².